The van der Waals surface area contributed by atoms with Crippen molar-refractivity contribution in [3.8, 4) is 5.75 Å². The van der Waals surface area contributed by atoms with Crippen molar-refractivity contribution in [2.45, 2.75) is 19.4 Å². The maximum absolute atomic E-state index is 12.8. The van der Waals surface area contributed by atoms with Gasteiger partial charge in [0.2, 0.25) is 0 Å². The number of amides is 1. The van der Waals surface area contributed by atoms with Crippen molar-refractivity contribution in [3.63, 3.8) is 0 Å². The summed E-state index contributed by atoms with van der Waals surface area (Å²) in [6.07, 6.45) is -0.0950. The second-order valence-electron chi connectivity index (χ2n) is 5.71. The highest BCUT2D eigenvalue weighted by Gasteiger charge is 2.17. The van der Waals surface area contributed by atoms with E-state index in [2.05, 4.69) is 5.32 Å². The Morgan fingerprint density at radius 2 is 2.08 bits per heavy atom. The lowest BCUT2D eigenvalue weighted by Gasteiger charge is -2.14. The van der Waals surface area contributed by atoms with Crippen LogP contribution in [0, 0.1) is 0 Å². The number of nitrogens with one attached hydrogen (secondary N) is 1. The molecule has 0 saturated heterocycles. The summed E-state index contributed by atoms with van der Waals surface area (Å²) in [4.78, 5) is 12.8. The van der Waals surface area contributed by atoms with Gasteiger partial charge in [-0.3, -0.25) is 4.79 Å². The maximum atomic E-state index is 12.8. The highest BCUT2D eigenvalue weighted by Crippen LogP contribution is 2.28. The number of fused-ring (bicyclic) bond motifs is 1. The van der Waals surface area contributed by atoms with Gasteiger partial charge in [-0.25, -0.2) is 0 Å². The Kier molecular flexibility index (Phi) is 5.68. The first-order chi connectivity index (χ1) is 12.2. The lowest BCUT2D eigenvalue weighted by molar-refractivity contribution is 0.0941. The van der Waals surface area contributed by atoms with Crippen LogP contribution in [0.1, 0.15) is 35.4 Å². The van der Waals surface area contributed by atoms with Gasteiger partial charge in [0.15, 0.2) is 0 Å². The quantitative estimate of drug-likeness (QED) is 0.669. The molecule has 1 unspecified atom stereocenters. The summed E-state index contributed by atoms with van der Waals surface area (Å²) >= 11 is 1.55. The lowest BCUT2D eigenvalue weighted by Crippen LogP contribution is -2.26. The Morgan fingerprint density at radius 3 is 2.84 bits per heavy atom. The van der Waals surface area contributed by atoms with Crippen molar-refractivity contribution in [2.75, 3.05) is 13.2 Å². The van der Waals surface area contributed by atoms with E-state index in [4.69, 9.17) is 4.74 Å². The Hall–Kier alpha value is -2.37. The largest absolute Gasteiger partial charge is 0.493 e. The molecule has 0 spiro atoms. The minimum atomic E-state index is -0.564. The van der Waals surface area contributed by atoms with E-state index in [1.165, 1.54) is 0 Å². The summed E-state index contributed by atoms with van der Waals surface area (Å²) in [7, 11) is 0. The molecule has 0 radical (unpaired) electrons. The minimum absolute atomic E-state index is 0.183. The Morgan fingerprint density at radius 1 is 1.24 bits per heavy atom. The summed E-state index contributed by atoms with van der Waals surface area (Å²) in [6.45, 7) is 2.79. The van der Waals surface area contributed by atoms with Crippen LogP contribution in [0.5, 0.6) is 5.75 Å². The Balaban J connectivity index is 1.75. The molecule has 1 aromatic heterocycles. The molecule has 0 aliphatic carbocycles. The number of aliphatic hydroxyl groups is 1. The van der Waals surface area contributed by atoms with Gasteiger partial charge < -0.3 is 15.2 Å². The zero-order valence-electron chi connectivity index (χ0n) is 14.1. The van der Waals surface area contributed by atoms with Crippen molar-refractivity contribution in [3.05, 3.63) is 64.4 Å². The third-order valence-corrected chi connectivity index (χ3v) is 4.75. The van der Waals surface area contributed by atoms with E-state index < -0.39 is 6.10 Å². The topological polar surface area (TPSA) is 58.6 Å². The molecule has 2 aromatic carbocycles. The molecule has 25 heavy (non-hydrogen) atoms. The van der Waals surface area contributed by atoms with E-state index in [-0.39, 0.29) is 5.91 Å². The molecule has 0 aliphatic rings. The molecule has 1 amide bonds. The van der Waals surface area contributed by atoms with Gasteiger partial charge in [0, 0.05) is 6.54 Å². The molecular formula is C20H21NO3S. The summed E-state index contributed by atoms with van der Waals surface area (Å²) in [5.74, 6) is 0.398. The highest BCUT2D eigenvalue weighted by molar-refractivity contribution is 7.07. The molecular weight excluding hydrogens is 334 g/mol. The predicted molar refractivity (Wildman–Crippen MR) is 101 cm³/mol. The van der Waals surface area contributed by atoms with Gasteiger partial charge in [-0.05, 0) is 52.6 Å². The number of aliphatic hydroxyl groups excluding tert-OH is 1. The SMILES string of the molecule is CCOc1ccc2ccccc2c1C(=O)NCCC(O)c1ccsc1. The van der Waals surface area contributed by atoms with E-state index >= 15 is 0 Å². The Labute approximate surface area is 151 Å². The summed E-state index contributed by atoms with van der Waals surface area (Å²) < 4.78 is 5.64. The fourth-order valence-corrected chi connectivity index (χ4v) is 3.51. The van der Waals surface area contributed by atoms with Crippen LogP contribution in [-0.2, 0) is 0 Å². The van der Waals surface area contributed by atoms with E-state index in [0.717, 1.165) is 16.3 Å². The summed E-state index contributed by atoms with van der Waals surface area (Å²) in [5.41, 5.74) is 1.43. The van der Waals surface area contributed by atoms with Gasteiger partial charge in [0.1, 0.15) is 5.75 Å². The summed E-state index contributed by atoms with van der Waals surface area (Å²) in [5, 5.41) is 18.8. The van der Waals surface area contributed by atoms with Crippen LogP contribution in [0.3, 0.4) is 0 Å². The van der Waals surface area contributed by atoms with Crippen LogP contribution in [0.2, 0.25) is 0 Å². The molecule has 1 atom stereocenters. The fraction of sp³-hybridized carbons (Fsp3) is 0.250. The van der Waals surface area contributed by atoms with Crippen molar-refractivity contribution >= 4 is 28.0 Å². The molecule has 5 heteroatoms. The van der Waals surface area contributed by atoms with Crippen LogP contribution < -0.4 is 10.1 Å². The molecule has 3 aromatic rings. The molecule has 3 rings (SSSR count). The van der Waals surface area contributed by atoms with Crippen LogP contribution in [0.15, 0.2) is 53.2 Å². The molecule has 0 aliphatic heterocycles. The van der Waals surface area contributed by atoms with Crippen LogP contribution in [0.4, 0.5) is 0 Å². The number of rotatable bonds is 7. The number of thiophene rings is 1. The monoisotopic (exact) mass is 355 g/mol. The van der Waals surface area contributed by atoms with Crippen LogP contribution in [0.25, 0.3) is 10.8 Å². The Bertz CT molecular complexity index is 845. The highest BCUT2D eigenvalue weighted by atomic mass is 32.1. The van der Waals surface area contributed by atoms with Gasteiger partial charge in [-0.1, -0.05) is 30.3 Å². The van der Waals surface area contributed by atoms with Crippen molar-refractivity contribution in [2.24, 2.45) is 0 Å². The van der Waals surface area contributed by atoms with Gasteiger partial charge in [0.25, 0.3) is 5.91 Å². The molecule has 0 fully saturated rings. The van der Waals surface area contributed by atoms with E-state index in [1.54, 1.807) is 11.3 Å². The number of hydrogen-bond acceptors (Lipinski definition) is 4. The van der Waals surface area contributed by atoms with Crippen LogP contribution >= 0.6 is 11.3 Å². The summed E-state index contributed by atoms with van der Waals surface area (Å²) in [6, 6.07) is 13.4. The number of carbonyl (C=O) groups excluding carboxylic acids is 1. The van der Waals surface area contributed by atoms with E-state index in [9.17, 15) is 9.90 Å². The first-order valence-electron chi connectivity index (χ1n) is 8.33. The number of hydrogen-bond donors (Lipinski definition) is 2. The predicted octanol–water partition coefficient (Wildman–Crippen LogP) is 4.15. The average molecular weight is 355 g/mol. The standard InChI is InChI=1S/C20H21NO3S/c1-2-24-18-8-7-14-5-3-4-6-16(14)19(18)20(23)21-11-9-17(22)15-10-12-25-13-15/h3-8,10,12-13,17,22H,2,9,11H2,1H3,(H,21,23). The molecule has 2 N–H and O–H groups in total. The van der Waals surface area contributed by atoms with Crippen molar-refractivity contribution in [1.29, 1.82) is 0 Å². The smallest absolute Gasteiger partial charge is 0.255 e. The molecule has 130 valence electrons. The normalized spacial score (nSPS) is 12.1. The molecule has 0 bridgehead atoms. The number of ether oxygens (including phenoxy) is 1. The molecule has 4 nitrogen and oxygen atoms in total. The van der Waals surface area contributed by atoms with Crippen molar-refractivity contribution < 1.29 is 14.6 Å². The van der Waals surface area contributed by atoms with Crippen molar-refractivity contribution in [1.82, 2.24) is 5.32 Å². The lowest BCUT2D eigenvalue weighted by atomic mass is 10.0. The molecule has 0 saturated carbocycles. The van der Waals surface area contributed by atoms with Gasteiger partial charge in [0.05, 0.1) is 18.3 Å². The fourth-order valence-electron chi connectivity index (χ4n) is 2.80. The third-order valence-electron chi connectivity index (χ3n) is 4.05. The minimum Gasteiger partial charge on any atom is -0.493 e. The van der Waals surface area contributed by atoms with Gasteiger partial charge >= 0.3 is 0 Å². The van der Waals surface area contributed by atoms with Gasteiger partial charge in [-0.2, -0.15) is 11.3 Å². The zero-order chi connectivity index (χ0) is 17.6. The third kappa shape index (κ3) is 4.00. The van der Waals surface area contributed by atoms with Gasteiger partial charge in [-0.15, -0.1) is 0 Å². The molecule has 1 heterocycles. The zero-order valence-corrected chi connectivity index (χ0v) is 14.9. The van der Waals surface area contributed by atoms with E-state index in [1.807, 2.05) is 60.1 Å². The van der Waals surface area contributed by atoms with E-state index in [0.29, 0.717) is 30.9 Å². The first-order valence-corrected chi connectivity index (χ1v) is 9.28. The second-order valence-corrected chi connectivity index (χ2v) is 6.49. The average Bonchev–Trinajstić information content (AvgIpc) is 3.16. The van der Waals surface area contributed by atoms with Crippen LogP contribution in [-0.4, -0.2) is 24.2 Å². The second kappa shape index (κ2) is 8.14. The number of carbonyl (C=O) groups is 1. The number of benzene rings is 2. The maximum Gasteiger partial charge on any atom is 0.255 e. The first kappa shape index (κ1) is 17.5.